The van der Waals surface area contributed by atoms with Gasteiger partial charge in [0.2, 0.25) is 11.8 Å². The molecule has 0 aliphatic carbocycles. The summed E-state index contributed by atoms with van der Waals surface area (Å²) < 4.78 is 5.60. The Kier molecular flexibility index (Phi) is 7.91. The van der Waals surface area contributed by atoms with Gasteiger partial charge in [0.05, 0.1) is 29.7 Å². The first-order chi connectivity index (χ1) is 18.0. The first-order valence-electron chi connectivity index (χ1n) is 12.6. The third kappa shape index (κ3) is 6.42. The molecule has 4 N–H and O–H groups in total. The Morgan fingerprint density at radius 2 is 1.84 bits per heavy atom. The molecular formula is C27H33ClN6O4. The van der Waals surface area contributed by atoms with Gasteiger partial charge in [-0.15, -0.1) is 0 Å². The van der Waals surface area contributed by atoms with Crippen LogP contribution in [0.2, 0.25) is 5.02 Å². The first kappa shape index (κ1) is 27.4. The molecule has 0 bridgehead atoms. The smallest absolute Gasteiger partial charge is 0.307 e. The monoisotopic (exact) mass is 540 g/mol. The zero-order valence-electron chi connectivity index (χ0n) is 21.8. The van der Waals surface area contributed by atoms with E-state index in [1.165, 1.54) is 6.33 Å². The van der Waals surface area contributed by atoms with E-state index < -0.39 is 28.9 Å². The van der Waals surface area contributed by atoms with Gasteiger partial charge in [0, 0.05) is 24.3 Å². The van der Waals surface area contributed by atoms with E-state index in [9.17, 15) is 14.4 Å². The molecular weight excluding hydrogens is 508 g/mol. The third-order valence-electron chi connectivity index (χ3n) is 6.72. The predicted octanol–water partition coefficient (Wildman–Crippen LogP) is 3.66. The van der Waals surface area contributed by atoms with Crippen LogP contribution in [0.5, 0.6) is 0 Å². The molecule has 10 nitrogen and oxygen atoms in total. The Morgan fingerprint density at radius 3 is 2.47 bits per heavy atom. The highest BCUT2D eigenvalue weighted by molar-refractivity contribution is 6.30. The van der Waals surface area contributed by atoms with Crippen LogP contribution in [-0.4, -0.2) is 51.4 Å². The minimum Gasteiger partial charge on any atom is -0.460 e. The average molecular weight is 541 g/mol. The van der Waals surface area contributed by atoms with Crippen molar-refractivity contribution >= 4 is 46.2 Å². The summed E-state index contributed by atoms with van der Waals surface area (Å²) in [5.74, 6) is -0.552. The number of amides is 2. The molecule has 3 aromatic rings. The van der Waals surface area contributed by atoms with E-state index in [4.69, 9.17) is 22.1 Å². The number of aromatic amines is 1. The van der Waals surface area contributed by atoms with Gasteiger partial charge in [0.15, 0.2) is 0 Å². The lowest BCUT2D eigenvalue weighted by molar-refractivity contribution is -0.161. The van der Waals surface area contributed by atoms with Gasteiger partial charge in [-0.2, -0.15) is 0 Å². The van der Waals surface area contributed by atoms with Crippen LogP contribution in [0.4, 0.5) is 5.82 Å². The molecule has 1 saturated heterocycles. The molecule has 1 aromatic carbocycles. The topological polar surface area (TPSA) is 143 Å². The van der Waals surface area contributed by atoms with E-state index in [0.29, 0.717) is 36.5 Å². The fourth-order valence-corrected chi connectivity index (χ4v) is 4.98. The number of carbonyl (C=O) groups is 3. The predicted molar refractivity (Wildman–Crippen MR) is 144 cm³/mol. The zero-order valence-corrected chi connectivity index (χ0v) is 22.5. The summed E-state index contributed by atoms with van der Waals surface area (Å²) in [5.41, 5.74) is 5.21. The van der Waals surface area contributed by atoms with E-state index in [1.54, 1.807) is 45.0 Å². The zero-order chi connectivity index (χ0) is 27.5. The molecule has 3 heterocycles. The van der Waals surface area contributed by atoms with Crippen molar-refractivity contribution in [2.24, 2.45) is 11.1 Å². The molecule has 1 unspecified atom stereocenters. The van der Waals surface area contributed by atoms with Gasteiger partial charge in [-0.25, -0.2) is 9.97 Å². The lowest BCUT2D eigenvalue weighted by Crippen LogP contribution is -2.51. The summed E-state index contributed by atoms with van der Waals surface area (Å²) in [5, 5.41) is 4.43. The second-order valence-electron chi connectivity index (χ2n) is 10.7. The van der Waals surface area contributed by atoms with E-state index >= 15 is 0 Å². The number of rotatable bonds is 8. The van der Waals surface area contributed by atoms with Crippen molar-refractivity contribution in [2.75, 3.05) is 18.0 Å². The largest absolute Gasteiger partial charge is 0.460 e. The highest BCUT2D eigenvalue weighted by atomic mass is 35.5. The number of H-pyrrole nitrogens is 1. The van der Waals surface area contributed by atoms with Crippen molar-refractivity contribution in [1.82, 2.24) is 20.3 Å². The van der Waals surface area contributed by atoms with Gasteiger partial charge in [0.25, 0.3) is 0 Å². The van der Waals surface area contributed by atoms with Gasteiger partial charge in [-0.1, -0.05) is 23.7 Å². The number of hydrogen-bond acceptors (Lipinski definition) is 7. The fraction of sp³-hybridized carbons (Fsp3) is 0.444. The molecule has 0 spiro atoms. The maximum Gasteiger partial charge on any atom is 0.307 e. The quantitative estimate of drug-likeness (QED) is 0.370. The summed E-state index contributed by atoms with van der Waals surface area (Å²) in [6.45, 7) is 6.37. The van der Waals surface area contributed by atoms with E-state index in [1.807, 2.05) is 12.3 Å². The van der Waals surface area contributed by atoms with E-state index in [0.717, 1.165) is 16.9 Å². The number of benzene rings is 1. The standard InChI is InChI=1S/C27H33ClN6O4/c1-26(2,3)38-22(36)15-27(25(37)33-20(14-21(29)35)17-4-6-18(28)7-5-17)9-12-34(13-10-27)24-19-8-11-30-23(19)31-16-32-24/h4-8,11,16,20H,9-10,12-15H2,1-3H3,(H2,29,35)(H,33,37)(H,30,31,32). The maximum absolute atomic E-state index is 13.9. The Balaban J connectivity index is 1.59. The summed E-state index contributed by atoms with van der Waals surface area (Å²) in [7, 11) is 0. The number of ether oxygens (including phenoxy) is 1. The number of nitrogens with zero attached hydrogens (tertiary/aromatic N) is 3. The van der Waals surface area contributed by atoms with Gasteiger partial charge in [-0.05, 0) is 57.4 Å². The normalized spacial score (nSPS) is 16.2. The van der Waals surface area contributed by atoms with Crippen LogP contribution in [0.25, 0.3) is 11.0 Å². The molecule has 1 aliphatic heterocycles. The number of aromatic nitrogens is 3. The molecule has 1 atom stereocenters. The number of nitrogens with two attached hydrogens (primary N) is 1. The first-order valence-corrected chi connectivity index (χ1v) is 12.9. The fourth-order valence-electron chi connectivity index (χ4n) is 4.86. The highest BCUT2D eigenvalue weighted by Gasteiger charge is 2.45. The minimum atomic E-state index is -1.04. The summed E-state index contributed by atoms with van der Waals surface area (Å²) in [4.78, 5) is 52.7. The number of anilines is 1. The third-order valence-corrected chi connectivity index (χ3v) is 6.97. The SMILES string of the molecule is CC(C)(C)OC(=O)CC1(C(=O)NC(CC(N)=O)c2ccc(Cl)cc2)CCN(c2ncnc3[nH]ccc23)CC1. The lowest BCUT2D eigenvalue weighted by Gasteiger charge is -2.41. The molecule has 0 radical (unpaired) electrons. The van der Waals surface area contributed by atoms with Gasteiger partial charge >= 0.3 is 5.97 Å². The van der Waals surface area contributed by atoms with Crippen molar-refractivity contribution < 1.29 is 19.1 Å². The number of halogens is 1. The van der Waals surface area contributed by atoms with Crippen molar-refractivity contribution in [3.05, 3.63) is 53.4 Å². The van der Waals surface area contributed by atoms with Crippen LogP contribution in [0, 0.1) is 5.41 Å². The van der Waals surface area contributed by atoms with E-state index in [-0.39, 0.29) is 18.7 Å². The van der Waals surface area contributed by atoms with Crippen molar-refractivity contribution in [3.63, 3.8) is 0 Å². The van der Waals surface area contributed by atoms with E-state index in [2.05, 4.69) is 25.2 Å². The highest BCUT2D eigenvalue weighted by Crippen LogP contribution is 2.39. The minimum absolute atomic E-state index is 0.0861. The Hall–Kier alpha value is -3.66. The van der Waals surface area contributed by atoms with Crippen LogP contribution < -0.4 is 16.0 Å². The number of esters is 1. The number of fused-ring (bicyclic) bond motifs is 1. The molecule has 0 saturated carbocycles. The molecule has 2 amide bonds. The number of nitrogens with one attached hydrogen (secondary N) is 2. The average Bonchev–Trinajstić information content (AvgIpc) is 3.32. The molecule has 1 aliphatic rings. The Bertz CT molecular complexity index is 1310. The lowest BCUT2D eigenvalue weighted by atomic mass is 9.74. The number of primary amides is 1. The molecule has 4 rings (SSSR count). The number of hydrogen-bond donors (Lipinski definition) is 3. The van der Waals surface area contributed by atoms with Gasteiger partial charge < -0.3 is 25.7 Å². The molecule has 11 heteroatoms. The van der Waals surface area contributed by atoms with Crippen LogP contribution >= 0.6 is 11.6 Å². The number of carbonyl (C=O) groups excluding carboxylic acids is 3. The summed E-state index contributed by atoms with van der Waals surface area (Å²) >= 11 is 6.03. The molecule has 1 fully saturated rings. The molecule has 38 heavy (non-hydrogen) atoms. The summed E-state index contributed by atoms with van der Waals surface area (Å²) in [6.07, 6.45) is 3.91. The van der Waals surface area contributed by atoms with Crippen LogP contribution in [0.3, 0.4) is 0 Å². The molecule has 202 valence electrons. The van der Waals surface area contributed by atoms with Crippen LogP contribution in [0.1, 0.15) is 58.1 Å². The second kappa shape index (κ2) is 11.0. The Labute approximate surface area is 226 Å². The van der Waals surface area contributed by atoms with Crippen molar-refractivity contribution in [2.45, 2.75) is 58.1 Å². The van der Waals surface area contributed by atoms with Gasteiger partial charge in [0.1, 0.15) is 23.4 Å². The van der Waals surface area contributed by atoms with Crippen LogP contribution in [-0.2, 0) is 19.1 Å². The van der Waals surface area contributed by atoms with Gasteiger partial charge in [-0.3, -0.25) is 14.4 Å². The van der Waals surface area contributed by atoms with Crippen molar-refractivity contribution in [1.29, 1.82) is 0 Å². The van der Waals surface area contributed by atoms with Crippen molar-refractivity contribution in [3.8, 4) is 0 Å². The summed E-state index contributed by atoms with van der Waals surface area (Å²) in [6, 6.07) is 8.13. The van der Waals surface area contributed by atoms with Crippen LogP contribution in [0.15, 0.2) is 42.9 Å². The number of piperidine rings is 1. The maximum atomic E-state index is 13.9. The molecule has 2 aromatic heterocycles. The second-order valence-corrected chi connectivity index (χ2v) is 11.2. The Morgan fingerprint density at radius 1 is 1.16 bits per heavy atom.